The number of hydrogen-bond acceptors (Lipinski definition) is 3. The summed E-state index contributed by atoms with van der Waals surface area (Å²) in [5.74, 6) is 0.150. The summed E-state index contributed by atoms with van der Waals surface area (Å²) < 4.78 is 0. The summed E-state index contributed by atoms with van der Waals surface area (Å²) in [6, 6.07) is 16.6. The van der Waals surface area contributed by atoms with E-state index in [4.69, 9.17) is 5.26 Å². The molecule has 0 fully saturated rings. The molecule has 3 heteroatoms. The van der Waals surface area contributed by atoms with Crippen molar-refractivity contribution in [1.29, 1.82) is 0 Å². The Bertz CT molecular complexity index is 485. The first-order chi connectivity index (χ1) is 7.92. The van der Waals surface area contributed by atoms with Crippen LogP contribution in [0.3, 0.4) is 0 Å². The maximum Gasteiger partial charge on any atom is 0.0929 e. The minimum absolute atomic E-state index is 0. The van der Waals surface area contributed by atoms with Crippen molar-refractivity contribution in [3.8, 4) is 11.1 Å². The lowest BCUT2D eigenvalue weighted by Gasteiger charge is -2.10. The molecule has 0 spiro atoms. The Morgan fingerprint density at radius 1 is 0.941 bits per heavy atom. The van der Waals surface area contributed by atoms with Gasteiger partial charge in [-0.3, -0.25) is 5.26 Å². The molecular weight excluding hydrogens is 214 g/mol. The van der Waals surface area contributed by atoms with Crippen LogP contribution in [0, 0.1) is 0 Å². The average Bonchev–Trinajstić information content (AvgIpc) is 2.66. The van der Waals surface area contributed by atoms with Gasteiger partial charge in [-0.15, -0.1) is 0 Å². The monoisotopic (exact) mass is 231 g/mol. The van der Waals surface area contributed by atoms with E-state index in [-0.39, 0.29) is 13.5 Å². The van der Waals surface area contributed by atoms with Gasteiger partial charge in [0, 0.05) is 7.34 Å². The molecule has 0 radical (unpaired) electrons. The van der Waals surface area contributed by atoms with Gasteiger partial charge in [-0.2, -0.15) is 0 Å². The molecular formula is C14H17NO2. The van der Waals surface area contributed by atoms with E-state index in [1.54, 1.807) is 0 Å². The largest absolute Gasteiger partial charge is 0.344 e. The highest BCUT2D eigenvalue weighted by Crippen LogP contribution is 2.44. The lowest BCUT2D eigenvalue weighted by molar-refractivity contribution is -0.243. The van der Waals surface area contributed by atoms with Crippen LogP contribution in [-0.2, 0) is 4.89 Å². The molecule has 1 aliphatic rings. The van der Waals surface area contributed by atoms with Gasteiger partial charge in [0.15, 0.2) is 0 Å². The molecule has 0 heterocycles. The van der Waals surface area contributed by atoms with E-state index in [9.17, 15) is 0 Å². The molecule has 1 aliphatic carbocycles. The number of fused-ring (bicyclic) bond motifs is 3. The minimum Gasteiger partial charge on any atom is -0.344 e. The summed E-state index contributed by atoms with van der Waals surface area (Å²) >= 11 is 0. The smallest absolute Gasteiger partial charge is 0.0929 e. The highest BCUT2D eigenvalue weighted by molar-refractivity contribution is 5.78. The lowest BCUT2D eigenvalue weighted by atomic mass is 9.98. The molecule has 2 aromatic rings. The zero-order valence-electron chi connectivity index (χ0n) is 9.47. The van der Waals surface area contributed by atoms with E-state index in [1.807, 2.05) is 24.3 Å². The Balaban J connectivity index is 0.000000810. The molecule has 90 valence electrons. The van der Waals surface area contributed by atoms with E-state index >= 15 is 0 Å². The number of hydrogen-bond donors (Lipinski definition) is 2. The minimum atomic E-state index is 0. The maximum atomic E-state index is 8.68. The van der Waals surface area contributed by atoms with Gasteiger partial charge in [0.05, 0.1) is 6.61 Å². The van der Waals surface area contributed by atoms with Crippen molar-refractivity contribution in [3.63, 3.8) is 0 Å². The van der Waals surface area contributed by atoms with Crippen molar-refractivity contribution in [2.75, 3.05) is 6.61 Å². The van der Waals surface area contributed by atoms with Gasteiger partial charge >= 0.3 is 0 Å². The van der Waals surface area contributed by atoms with Crippen LogP contribution in [0.2, 0.25) is 0 Å². The topological polar surface area (TPSA) is 64.5 Å². The second kappa shape index (κ2) is 4.67. The van der Waals surface area contributed by atoms with Gasteiger partial charge in [-0.05, 0) is 22.3 Å². The molecule has 17 heavy (non-hydrogen) atoms. The van der Waals surface area contributed by atoms with E-state index < -0.39 is 0 Å². The Morgan fingerprint density at radius 2 is 1.41 bits per heavy atom. The summed E-state index contributed by atoms with van der Waals surface area (Å²) in [7, 11) is 0. The van der Waals surface area contributed by atoms with Gasteiger partial charge in [0.1, 0.15) is 0 Å². The maximum absolute atomic E-state index is 8.68. The SMILES string of the molecule is N.OOCC1c2ccccc2-c2ccccc21.[HH]. The number of rotatable bonds is 2. The van der Waals surface area contributed by atoms with Crippen LogP contribution in [-0.4, -0.2) is 11.9 Å². The van der Waals surface area contributed by atoms with Crippen LogP contribution in [0.5, 0.6) is 0 Å². The van der Waals surface area contributed by atoms with Crippen LogP contribution < -0.4 is 6.15 Å². The van der Waals surface area contributed by atoms with Gasteiger partial charge < -0.3 is 6.15 Å². The van der Waals surface area contributed by atoms with E-state index in [0.29, 0.717) is 6.61 Å². The van der Waals surface area contributed by atoms with Crippen LogP contribution >= 0.6 is 0 Å². The molecule has 0 amide bonds. The third kappa shape index (κ3) is 1.74. The van der Waals surface area contributed by atoms with Gasteiger partial charge in [0.2, 0.25) is 0 Å². The highest BCUT2D eigenvalue weighted by atomic mass is 17.1. The predicted octanol–water partition coefficient (Wildman–Crippen LogP) is 3.70. The zero-order chi connectivity index (χ0) is 11.0. The lowest BCUT2D eigenvalue weighted by Crippen LogP contribution is -2.04. The summed E-state index contributed by atoms with van der Waals surface area (Å²) in [6.45, 7) is 0.314. The van der Waals surface area contributed by atoms with Crippen molar-refractivity contribution < 1.29 is 11.6 Å². The first kappa shape index (κ1) is 11.8. The van der Waals surface area contributed by atoms with Crippen LogP contribution in [0.15, 0.2) is 48.5 Å². The Kier molecular flexibility index (Phi) is 3.24. The predicted molar refractivity (Wildman–Crippen MR) is 69.4 cm³/mol. The Hall–Kier alpha value is -1.68. The fourth-order valence-corrected chi connectivity index (χ4v) is 2.51. The molecule has 0 bridgehead atoms. The summed E-state index contributed by atoms with van der Waals surface area (Å²) in [5, 5.41) is 8.68. The molecule has 3 nitrogen and oxygen atoms in total. The third-order valence-electron chi connectivity index (χ3n) is 3.20. The molecule has 4 N–H and O–H groups in total. The van der Waals surface area contributed by atoms with E-state index in [2.05, 4.69) is 29.2 Å². The number of benzene rings is 2. The molecule has 0 unspecified atom stereocenters. The van der Waals surface area contributed by atoms with Crippen molar-refractivity contribution in [3.05, 3.63) is 59.7 Å². The van der Waals surface area contributed by atoms with Gasteiger partial charge in [-0.1, -0.05) is 48.5 Å². The molecule has 3 rings (SSSR count). The third-order valence-corrected chi connectivity index (χ3v) is 3.20. The van der Waals surface area contributed by atoms with E-state index in [0.717, 1.165) is 0 Å². The van der Waals surface area contributed by atoms with Gasteiger partial charge in [-0.25, -0.2) is 4.89 Å². The first-order valence-electron chi connectivity index (χ1n) is 5.36. The first-order valence-corrected chi connectivity index (χ1v) is 5.36. The van der Waals surface area contributed by atoms with Crippen molar-refractivity contribution in [2.24, 2.45) is 0 Å². The summed E-state index contributed by atoms with van der Waals surface area (Å²) in [5.41, 5.74) is 4.97. The molecule has 0 atom stereocenters. The van der Waals surface area contributed by atoms with Crippen molar-refractivity contribution in [2.45, 2.75) is 5.92 Å². The summed E-state index contributed by atoms with van der Waals surface area (Å²) in [6.07, 6.45) is 0. The summed E-state index contributed by atoms with van der Waals surface area (Å²) in [4.78, 5) is 4.34. The second-order valence-corrected chi connectivity index (χ2v) is 4.02. The molecule has 0 saturated carbocycles. The standard InChI is InChI=1S/C14H12O2.H3N.H2/c15-16-9-14-12-7-3-1-5-10(12)11-6-2-4-8-13(11)14;;/h1-8,14-15H,9H2;1H3;1H. The zero-order valence-corrected chi connectivity index (χ0v) is 9.47. The fourth-order valence-electron chi connectivity index (χ4n) is 2.51. The normalized spacial score (nSPS) is 12.8. The van der Waals surface area contributed by atoms with Crippen molar-refractivity contribution >= 4 is 0 Å². The molecule has 0 aromatic heterocycles. The fraction of sp³-hybridized carbons (Fsp3) is 0.143. The van der Waals surface area contributed by atoms with E-state index in [1.165, 1.54) is 22.3 Å². The quantitative estimate of drug-likeness (QED) is 0.612. The molecule has 0 saturated heterocycles. The second-order valence-electron chi connectivity index (χ2n) is 4.02. The Labute approximate surface area is 102 Å². The molecule has 0 aliphatic heterocycles. The van der Waals surface area contributed by atoms with Crippen LogP contribution in [0.1, 0.15) is 18.5 Å². The van der Waals surface area contributed by atoms with Crippen LogP contribution in [0.4, 0.5) is 0 Å². The highest BCUT2D eigenvalue weighted by Gasteiger charge is 2.27. The van der Waals surface area contributed by atoms with Gasteiger partial charge in [0.25, 0.3) is 0 Å². The van der Waals surface area contributed by atoms with Crippen LogP contribution in [0.25, 0.3) is 11.1 Å². The average molecular weight is 231 g/mol. The van der Waals surface area contributed by atoms with Crippen molar-refractivity contribution in [1.82, 2.24) is 6.15 Å². The Morgan fingerprint density at radius 3 is 1.88 bits per heavy atom. The molecule has 2 aromatic carbocycles.